The van der Waals surface area contributed by atoms with Crippen molar-refractivity contribution in [3.8, 4) is 11.5 Å². The lowest BCUT2D eigenvalue weighted by Gasteiger charge is -2.21. The molecule has 6 heteroatoms. The van der Waals surface area contributed by atoms with Crippen molar-refractivity contribution in [3.63, 3.8) is 0 Å². The minimum atomic E-state index is -1.53. The van der Waals surface area contributed by atoms with Crippen LogP contribution in [0.1, 0.15) is 11.1 Å². The van der Waals surface area contributed by atoms with Crippen molar-refractivity contribution in [2.24, 2.45) is 0 Å². The van der Waals surface area contributed by atoms with E-state index >= 15 is 0 Å². The topological polar surface area (TPSA) is 98.1 Å². The molecule has 2 rings (SSSR count). The highest BCUT2D eigenvalue weighted by atomic mass is 16.4. The van der Waals surface area contributed by atoms with E-state index in [2.05, 4.69) is 0 Å². The third-order valence-electron chi connectivity index (χ3n) is 3.09. The van der Waals surface area contributed by atoms with E-state index in [0.717, 1.165) is 0 Å². The molecule has 0 bridgehead atoms. The van der Waals surface area contributed by atoms with Crippen molar-refractivity contribution in [3.05, 3.63) is 59.7 Å². The Bertz CT molecular complexity index is 616. The Morgan fingerprint density at radius 2 is 1.14 bits per heavy atom. The van der Waals surface area contributed by atoms with Gasteiger partial charge >= 0.3 is 11.9 Å². The Balaban J connectivity index is 2.18. The van der Waals surface area contributed by atoms with Crippen LogP contribution in [0.15, 0.2) is 48.5 Å². The largest absolute Gasteiger partial charge is 0.508 e. The molecule has 0 aliphatic heterocycles. The predicted octanol–water partition coefficient (Wildman–Crippen LogP) is 1.71. The van der Waals surface area contributed by atoms with Crippen LogP contribution in [0, 0.1) is 0 Å². The second-order valence-corrected chi connectivity index (χ2v) is 4.80. The number of carboxylic acids is 1. The van der Waals surface area contributed by atoms with Crippen molar-refractivity contribution in [1.29, 1.82) is 0 Å². The first-order chi connectivity index (χ1) is 10.5. The summed E-state index contributed by atoms with van der Waals surface area (Å²) in [7, 11) is 0. The maximum absolute atomic E-state index is 11.8. The first kappa shape index (κ1) is 15.4. The third-order valence-corrected chi connectivity index (χ3v) is 3.09. The Morgan fingerprint density at radius 1 is 0.773 bits per heavy atom. The molecule has 0 saturated carbocycles. The van der Waals surface area contributed by atoms with Crippen molar-refractivity contribution < 1.29 is 24.9 Å². The maximum atomic E-state index is 11.8. The number of carboxylic acid groups (broad SMARTS) is 1. The summed E-state index contributed by atoms with van der Waals surface area (Å²) in [4.78, 5) is 24.0. The quantitative estimate of drug-likeness (QED) is 0.747. The van der Waals surface area contributed by atoms with E-state index < -0.39 is 11.9 Å². The number of hydrogen-bond acceptors (Lipinski definition) is 4. The number of aliphatic carboxylic acids is 1. The van der Waals surface area contributed by atoms with Gasteiger partial charge in [0, 0.05) is 13.1 Å². The standard InChI is InChI=1S/C16H15NO5/c18-13-5-1-11(2-6-13)9-17(15(20)16(21)22)10-12-3-7-14(19)8-4-12/h1-8,18-19H,9-10H2,(H,21,22). The van der Waals surface area contributed by atoms with Crippen LogP contribution in [0.4, 0.5) is 0 Å². The summed E-state index contributed by atoms with van der Waals surface area (Å²) in [5, 5.41) is 27.4. The van der Waals surface area contributed by atoms with Crippen LogP contribution in [0.25, 0.3) is 0 Å². The number of phenols is 2. The molecule has 3 N–H and O–H groups in total. The molecule has 0 aliphatic rings. The smallest absolute Gasteiger partial charge is 0.394 e. The Labute approximate surface area is 126 Å². The van der Waals surface area contributed by atoms with Gasteiger partial charge in [0.2, 0.25) is 0 Å². The monoisotopic (exact) mass is 301 g/mol. The first-order valence-corrected chi connectivity index (χ1v) is 6.53. The second-order valence-electron chi connectivity index (χ2n) is 4.80. The van der Waals surface area contributed by atoms with E-state index in [0.29, 0.717) is 11.1 Å². The molecule has 0 aliphatic carbocycles. The number of hydrogen-bond donors (Lipinski definition) is 3. The van der Waals surface area contributed by atoms with Gasteiger partial charge in [-0.15, -0.1) is 0 Å². The minimum Gasteiger partial charge on any atom is -0.508 e. The molecule has 0 atom stereocenters. The normalized spacial score (nSPS) is 10.2. The molecule has 1 amide bonds. The summed E-state index contributed by atoms with van der Waals surface area (Å²) < 4.78 is 0. The summed E-state index contributed by atoms with van der Waals surface area (Å²) in [6.45, 7) is 0.207. The SMILES string of the molecule is O=C(O)C(=O)N(Cc1ccc(O)cc1)Cc1ccc(O)cc1. The summed E-state index contributed by atoms with van der Waals surface area (Å²) in [5.41, 5.74) is 1.40. The lowest BCUT2D eigenvalue weighted by Crippen LogP contribution is -2.35. The molecule has 6 nitrogen and oxygen atoms in total. The average molecular weight is 301 g/mol. The fourth-order valence-corrected chi connectivity index (χ4v) is 1.98. The van der Waals surface area contributed by atoms with Crippen molar-refractivity contribution in [2.45, 2.75) is 13.1 Å². The molecule has 0 saturated heterocycles. The van der Waals surface area contributed by atoms with Gasteiger partial charge in [-0.3, -0.25) is 4.79 Å². The lowest BCUT2D eigenvalue weighted by atomic mass is 10.1. The van der Waals surface area contributed by atoms with Gasteiger partial charge in [0.05, 0.1) is 0 Å². The Kier molecular flexibility index (Phi) is 4.63. The highest BCUT2D eigenvalue weighted by Crippen LogP contribution is 2.16. The zero-order valence-corrected chi connectivity index (χ0v) is 11.6. The average Bonchev–Trinajstić information content (AvgIpc) is 2.50. The minimum absolute atomic E-state index is 0.0957. The van der Waals surface area contributed by atoms with E-state index in [9.17, 15) is 19.8 Å². The highest BCUT2D eigenvalue weighted by molar-refractivity contribution is 6.31. The summed E-state index contributed by atoms with van der Waals surface area (Å²) >= 11 is 0. The lowest BCUT2D eigenvalue weighted by molar-refractivity contribution is -0.156. The number of benzene rings is 2. The number of phenolic OH excluding ortho intramolecular Hbond substituents is 2. The first-order valence-electron chi connectivity index (χ1n) is 6.53. The van der Waals surface area contributed by atoms with Gasteiger partial charge in [-0.05, 0) is 35.4 Å². The number of carbonyl (C=O) groups is 2. The van der Waals surface area contributed by atoms with Gasteiger partial charge in [0.25, 0.3) is 0 Å². The molecule has 22 heavy (non-hydrogen) atoms. The molecule has 2 aromatic carbocycles. The fraction of sp³-hybridized carbons (Fsp3) is 0.125. The van der Waals surface area contributed by atoms with Crippen molar-refractivity contribution >= 4 is 11.9 Å². The summed E-state index contributed by atoms with van der Waals surface area (Å²) in [5.74, 6) is -2.35. The van der Waals surface area contributed by atoms with E-state index in [4.69, 9.17) is 5.11 Å². The maximum Gasteiger partial charge on any atom is 0.394 e. The molecule has 0 heterocycles. The molecule has 0 spiro atoms. The van der Waals surface area contributed by atoms with Crippen LogP contribution in [0.2, 0.25) is 0 Å². The van der Waals surface area contributed by atoms with Gasteiger partial charge in [-0.25, -0.2) is 4.79 Å². The third kappa shape index (κ3) is 3.99. The second kappa shape index (κ2) is 6.62. The van der Waals surface area contributed by atoms with Crippen LogP contribution in [0.3, 0.4) is 0 Å². The van der Waals surface area contributed by atoms with E-state index in [1.807, 2.05) is 0 Å². The van der Waals surface area contributed by atoms with Crippen molar-refractivity contribution in [2.75, 3.05) is 0 Å². The molecular formula is C16H15NO5. The molecule has 114 valence electrons. The van der Waals surface area contributed by atoms with Crippen LogP contribution in [-0.2, 0) is 22.7 Å². The number of rotatable bonds is 4. The Morgan fingerprint density at radius 3 is 1.45 bits per heavy atom. The molecule has 0 aromatic heterocycles. The number of carbonyl (C=O) groups excluding carboxylic acids is 1. The predicted molar refractivity (Wildman–Crippen MR) is 78.1 cm³/mol. The van der Waals surface area contributed by atoms with Gasteiger partial charge in [0.15, 0.2) is 0 Å². The molecule has 0 unspecified atom stereocenters. The molecule has 0 fully saturated rings. The number of amides is 1. The van der Waals surface area contributed by atoms with Crippen molar-refractivity contribution in [1.82, 2.24) is 4.90 Å². The molecular weight excluding hydrogens is 286 g/mol. The molecule has 2 aromatic rings. The van der Waals surface area contributed by atoms with Crippen LogP contribution in [0.5, 0.6) is 11.5 Å². The highest BCUT2D eigenvalue weighted by Gasteiger charge is 2.21. The number of aromatic hydroxyl groups is 2. The summed E-state index contributed by atoms with van der Waals surface area (Å²) in [6.07, 6.45) is 0. The fourth-order valence-electron chi connectivity index (χ4n) is 1.98. The van der Waals surface area contributed by atoms with E-state index in [1.54, 1.807) is 24.3 Å². The van der Waals surface area contributed by atoms with Crippen LogP contribution < -0.4 is 0 Å². The zero-order chi connectivity index (χ0) is 16.1. The van der Waals surface area contributed by atoms with Gasteiger partial charge in [-0.1, -0.05) is 24.3 Å². The number of nitrogens with zero attached hydrogens (tertiary/aromatic N) is 1. The molecule has 0 radical (unpaired) electrons. The van der Waals surface area contributed by atoms with Crippen LogP contribution in [-0.4, -0.2) is 32.1 Å². The zero-order valence-electron chi connectivity index (χ0n) is 11.6. The Hall–Kier alpha value is -3.02. The van der Waals surface area contributed by atoms with E-state index in [-0.39, 0.29) is 24.6 Å². The van der Waals surface area contributed by atoms with Crippen LogP contribution >= 0.6 is 0 Å². The summed E-state index contributed by atoms with van der Waals surface area (Å²) in [6, 6.07) is 12.4. The van der Waals surface area contributed by atoms with E-state index in [1.165, 1.54) is 29.2 Å². The van der Waals surface area contributed by atoms with Gasteiger partial charge in [-0.2, -0.15) is 0 Å². The van der Waals surface area contributed by atoms with Gasteiger partial charge in [0.1, 0.15) is 11.5 Å². The van der Waals surface area contributed by atoms with Gasteiger partial charge < -0.3 is 20.2 Å².